The number of likely N-dealkylation sites (N-methyl/N-ethyl adjacent to an activating group) is 1. The lowest BCUT2D eigenvalue weighted by Gasteiger charge is -2.21. The van der Waals surface area contributed by atoms with E-state index in [0.29, 0.717) is 17.5 Å². The Kier molecular flexibility index (Phi) is 3.78. The summed E-state index contributed by atoms with van der Waals surface area (Å²) in [7, 11) is 1.83. The van der Waals surface area contributed by atoms with Gasteiger partial charge >= 0.3 is 0 Å². The second-order valence-corrected chi connectivity index (χ2v) is 4.53. The summed E-state index contributed by atoms with van der Waals surface area (Å²) < 4.78 is 0. The molecule has 1 aromatic heterocycles. The third kappa shape index (κ3) is 3.06. The van der Waals surface area contributed by atoms with Crippen LogP contribution in [0.5, 0.6) is 0 Å². The van der Waals surface area contributed by atoms with E-state index in [1.165, 1.54) is 6.33 Å². The number of amides is 1. The average Bonchev–Trinajstić information content (AvgIpc) is 2.82. The van der Waals surface area contributed by atoms with Gasteiger partial charge in [0.25, 0.3) is 0 Å². The number of hydrogen-bond acceptors (Lipinski definition) is 4. The van der Waals surface area contributed by atoms with Gasteiger partial charge in [0.2, 0.25) is 5.91 Å². The van der Waals surface area contributed by atoms with Crippen LogP contribution in [0.2, 0.25) is 5.15 Å². The molecule has 1 saturated heterocycles. The lowest BCUT2D eigenvalue weighted by molar-refractivity contribution is -0.128. The van der Waals surface area contributed by atoms with Crippen molar-refractivity contribution in [2.75, 3.05) is 31.6 Å². The van der Waals surface area contributed by atoms with Crippen LogP contribution in [0.1, 0.15) is 12.8 Å². The van der Waals surface area contributed by atoms with Gasteiger partial charge in [-0.3, -0.25) is 4.79 Å². The van der Waals surface area contributed by atoms with E-state index in [1.54, 1.807) is 11.0 Å². The molecule has 1 aromatic rings. The van der Waals surface area contributed by atoms with Crippen molar-refractivity contribution in [3.63, 3.8) is 0 Å². The Morgan fingerprint density at radius 2 is 2.18 bits per heavy atom. The van der Waals surface area contributed by atoms with E-state index in [2.05, 4.69) is 9.97 Å². The van der Waals surface area contributed by atoms with Gasteiger partial charge in [-0.1, -0.05) is 11.6 Å². The second kappa shape index (κ2) is 5.31. The van der Waals surface area contributed by atoms with Crippen molar-refractivity contribution in [2.24, 2.45) is 0 Å². The van der Waals surface area contributed by atoms with E-state index >= 15 is 0 Å². The molecular weight excluding hydrogens is 240 g/mol. The second-order valence-electron chi connectivity index (χ2n) is 4.14. The standard InChI is InChI=1S/C11H15ClN4O/c1-15(10-6-9(12)13-8-14-10)7-11(17)16-4-2-3-5-16/h6,8H,2-5,7H2,1H3. The SMILES string of the molecule is CN(CC(=O)N1CCCC1)c1cc(Cl)ncn1. The highest BCUT2D eigenvalue weighted by atomic mass is 35.5. The van der Waals surface area contributed by atoms with Gasteiger partial charge in [-0.2, -0.15) is 0 Å². The maximum Gasteiger partial charge on any atom is 0.242 e. The number of carbonyl (C=O) groups is 1. The summed E-state index contributed by atoms with van der Waals surface area (Å²) in [6.07, 6.45) is 3.61. The number of anilines is 1. The zero-order valence-corrected chi connectivity index (χ0v) is 10.5. The summed E-state index contributed by atoms with van der Waals surface area (Å²) in [5, 5.41) is 0.385. The van der Waals surface area contributed by atoms with Crippen LogP contribution in [-0.4, -0.2) is 47.5 Å². The first-order valence-electron chi connectivity index (χ1n) is 5.63. The van der Waals surface area contributed by atoms with E-state index < -0.39 is 0 Å². The number of hydrogen-bond donors (Lipinski definition) is 0. The minimum Gasteiger partial charge on any atom is -0.350 e. The van der Waals surface area contributed by atoms with Crippen LogP contribution in [-0.2, 0) is 4.79 Å². The minimum absolute atomic E-state index is 0.139. The van der Waals surface area contributed by atoms with Crippen LogP contribution in [0.25, 0.3) is 0 Å². The summed E-state index contributed by atoms with van der Waals surface area (Å²) >= 11 is 5.78. The van der Waals surface area contributed by atoms with Gasteiger partial charge in [-0.05, 0) is 12.8 Å². The van der Waals surface area contributed by atoms with Crippen LogP contribution < -0.4 is 4.90 Å². The van der Waals surface area contributed by atoms with E-state index in [0.717, 1.165) is 25.9 Å². The maximum atomic E-state index is 11.9. The first-order valence-corrected chi connectivity index (χ1v) is 6.01. The quantitative estimate of drug-likeness (QED) is 0.761. The van der Waals surface area contributed by atoms with E-state index in [9.17, 15) is 4.79 Å². The Bertz CT molecular complexity index is 406. The number of rotatable bonds is 3. The Balaban J connectivity index is 1.96. The first-order chi connectivity index (χ1) is 8.16. The van der Waals surface area contributed by atoms with Crippen molar-refractivity contribution >= 4 is 23.3 Å². The molecule has 0 N–H and O–H groups in total. The summed E-state index contributed by atoms with van der Waals surface area (Å²) in [6, 6.07) is 1.65. The highest BCUT2D eigenvalue weighted by Gasteiger charge is 2.19. The lowest BCUT2D eigenvalue weighted by atomic mass is 10.4. The van der Waals surface area contributed by atoms with Crippen molar-refractivity contribution in [3.05, 3.63) is 17.5 Å². The van der Waals surface area contributed by atoms with E-state index in [4.69, 9.17) is 11.6 Å². The third-order valence-electron chi connectivity index (χ3n) is 2.84. The molecule has 17 heavy (non-hydrogen) atoms. The number of nitrogens with zero attached hydrogens (tertiary/aromatic N) is 4. The average molecular weight is 255 g/mol. The molecule has 5 nitrogen and oxygen atoms in total. The van der Waals surface area contributed by atoms with Crippen LogP contribution in [0, 0.1) is 0 Å². The van der Waals surface area contributed by atoms with Crippen molar-refractivity contribution in [1.82, 2.24) is 14.9 Å². The predicted molar refractivity (Wildman–Crippen MR) is 66.1 cm³/mol. The minimum atomic E-state index is 0.139. The normalized spacial score (nSPS) is 15.1. The molecule has 1 aliphatic heterocycles. The first kappa shape index (κ1) is 12.1. The molecule has 1 fully saturated rings. The summed E-state index contributed by atoms with van der Waals surface area (Å²) in [5.74, 6) is 0.803. The molecule has 0 atom stereocenters. The Hall–Kier alpha value is -1.36. The van der Waals surface area contributed by atoms with Crippen LogP contribution in [0.4, 0.5) is 5.82 Å². The zero-order chi connectivity index (χ0) is 12.3. The predicted octanol–water partition coefficient (Wildman–Crippen LogP) is 1.19. The topological polar surface area (TPSA) is 49.3 Å². The van der Waals surface area contributed by atoms with Gasteiger partial charge in [0, 0.05) is 26.2 Å². The number of carbonyl (C=O) groups excluding carboxylic acids is 1. The Morgan fingerprint density at radius 3 is 2.82 bits per heavy atom. The molecule has 92 valence electrons. The van der Waals surface area contributed by atoms with Crippen LogP contribution in [0.3, 0.4) is 0 Å². The molecule has 0 saturated carbocycles. The van der Waals surface area contributed by atoms with Crippen molar-refractivity contribution in [2.45, 2.75) is 12.8 Å². The zero-order valence-electron chi connectivity index (χ0n) is 9.77. The number of aromatic nitrogens is 2. The largest absolute Gasteiger partial charge is 0.350 e. The molecule has 0 spiro atoms. The molecule has 0 bridgehead atoms. The Morgan fingerprint density at radius 1 is 1.47 bits per heavy atom. The van der Waals surface area contributed by atoms with Gasteiger partial charge in [0.15, 0.2) is 0 Å². The molecule has 2 rings (SSSR count). The highest BCUT2D eigenvalue weighted by Crippen LogP contribution is 2.13. The van der Waals surface area contributed by atoms with Crippen LogP contribution >= 0.6 is 11.6 Å². The van der Waals surface area contributed by atoms with Crippen LogP contribution in [0.15, 0.2) is 12.4 Å². The molecule has 0 aliphatic carbocycles. The van der Waals surface area contributed by atoms with Gasteiger partial charge in [-0.25, -0.2) is 9.97 Å². The summed E-state index contributed by atoms with van der Waals surface area (Å²) in [6.45, 7) is 2.07. The van der Waals surface area contributed by atoms with Gasteiger partial charge in [-0.15, -0.1) is 0 Å². The highest BCUT2D eigenvalue weighted by molar-refractivity contribution is 6.29. The summed E-state index contributed by atoms with van der Waals surface area (Å²) in [5.41, 5.74) is 0. The van der Waals surface area contributed by atoms with Gasteiger partial charge < -0.3 is 9.80 Å². The Labute approximate surface area is 105 Å². The lowest BCUT2D eigenvalue weighted by Crippen LogP contribution is -2.37. The smallest absolute Gasteiger partial charge is 0.242 e. The fourth-order valence-electron chi connectivity index (χ4n) is 1.88. The monoisotopic (exact) mass is 254 g/mol. The van der Waals surface area contributed by atoms with Crippen molar-refractivity contribution < 1.29 is 4.79 Å². The molecule has 1 aliphatic rings. The fourth-order valence-corrected chi connectivity index (χ4v) is 2.02. The molecule has 1 amide bonds. The van der Waals surface area contributed by atoms with Gasteiger partial charge in [0.1, 0.15) is 17.3 Å². The number of halogens is 1. The van der Waals surface area contributed by atoms with Crippen molar-refractivity contribution in [1.29, 1.82) is 0 Å². The fraction of sp³-hybridized carbons (Fsp3) is 0.545. The molecule has 6 heteroatoms. The molecular formula is C11H15ClN4O. The summed E-state index contributed by atoms with van der Waals surface area (Å²) in [4.78, 5) is 23.5. The maximum absolute atomic E-state index is 11.9. The third-order valence-corrected chi connectivity index (χ3v) is 3.05. The molecule has 0 aromatic carbocycles. The van der Waals surface area contributed by atoms with Crippen molar-refractivity contribution in [3.8, 4) is 0 Å². The van der Waals surface area contributed by atoms with E-state index in [1.807, 2.05) is 11.9 Å². The molecule has 0 unspecified atom stereocenters. The molecule has 2 heterocycles. The van der Waals surface area contributed by atoms with Gasteiger partial charge in [0.05, 0.1) is 6.54 Å². The van der Waals surface area contributed by atoms with E-state index in [-0.39, 0.29) is 5.91 Å². The molecule has 0 radical (unpaired) electrons. The number of likely N-dealkylation sites (tertiary alicyclic amines) is 1.